The number of anilines is 1. The predicted octanol–water partition coefficient (Wildman–Crippen LogP) is 4.07. The third-order valence-corrected chi connectivity index (χ3v) is 4.87. The largest absolute Gasteiger partial charge is 0.307 e. The fourth-order valence-corrected chi connectivity index (χ4v) is 3.45. The average Bonchev–Trinajstić information content (AvgIpc) is 3.42. The highest BCUT2D eigenvalue weighted by molar-refractivity contribution is 7.13. The molecule has 0 aliphatic rings. The smallest absolute Gasteiger partial charge is 0.260 e. The van der Waals surface area contributed by atoms with Crippen molar-refractivity contribution in [3.8, 4) is 16.3 Å². The molecule has 130 valence electrons. The van der Waals surface area contributed by atoms with Crippen LogP contribution in [0.4, 0.5) is 5.82 Å². The Bertz CT molecular complexity index is 1020. The molecule has 0 unspecified atom stereocenters. The summed E-state index contributed by atoms with van der Waals surface area (Å²) in [5.41, 5.74) is 2.10. The molecular formula is C19H17N5OS. The van der Waals surface area contributed by atoms with Crippen LogP contribution < -0.4 is 5.32 Å². The number of hydrogen-bond acceptors (Lipinski definition) is 4. The molecule has 0 spiro atoms. The fraction of sp³-hybridized carbons (Fsp3) is 0.105. The Kier molecular flexibility index (Phi) is 4.37. The highest BCUT2D eigenvalue weighted by Gasteiger charge is 2.20. The Labute approximate surface area is 154 Å². The van der Waals surface area contributed by atoms with Crippen LogP contribution in [0.1, 0.15) is 17.3 Å². The van der Waals surface area contributed by atoms with Gasteiger partial charge in [-0.3, -0.25) is 4.79 Å². The first kappa shape index (κ1) is 16.3. The molecule has 0 aliphatic heterocycles. The first-order chi connectivity index (χ1) is 12.8. The fourth-order valence-electron chi connectivity index (χ4n) is 2.72. The van der Waals surface area contributed by atoms with Crippen molar-refractivity contribution in [2.75, 3.05) is 5.32 Å². The van der Waals surface area contributed by atoms with Gasteiger partial charge in [0.05, 0.1) is 22.3 Å². The zero-order valence-electron chi connectivity index (χ0n) is 14.2. The van der Waals surface area contributed by atoms with E-state index in [0.717, 1.165) is 10.6 Å². The minimum atomic E-state index is -0.203. The Morgan fingerprint density at radius 1 is 1.15 bits per heavy atom. The summed E-state index contributed by atoms with van der Waals surface area (Å²) < 4.78 is 3.48. The number of para-hydroxylation sites is 1. The van der Waals surface area contributed by atoms with Crippen molar-refractivity contribution in [1.82, 2.24) is 19.6 Å². The molecule has 0 bridgehead atoms. The number of nitrogens with zero attached hydrogens (tertiary/aromatic N) is 4. The van der Waals surface area contributed by atoms with Gasteiger partial charge in [0.25, 0.3) is 5.91 Å². The van der Waals surface area contributed by atoms with E-state index in [-0.39, 0.29) is 5.91 Å². The van der Waals surface area contributed by atoms with Gasteiger partial charge in [-0.25, -0.2) is 9.36 Å². The monoisotopic (exact) mass is 363 g/mol. The van der Waals surface area contributed by atoms with Crippen molar-refractivity contribution in [2.45, 2.75) is 13.5 Å². The number of rotatable bonds is 5. The van der Waals surface area contributed by atoms with E-state index in [1.165, 1.54) is 0 Å². The third kappa shape index (κ3) is 3.04. The normalized spacial score (nSPS) is 10.8. The van der Waals surface area contributed by atoms with Crippen molar-refractivity contribution in [2.24, 2.45) is 0 Å². The van der Waals surface area contributed by atoms with Crippen molar-refractivity contribution in [1.29, 1.82) is 0 Å². The molecule has 0 saturated carbocycles. The van der Waals surface area contributed by atoms with E-state index in [2.05, 4.69) is 15.5 Å². The number of amides is 1. The molecule has 4 rings (SSSR count). The van der Waals surface area contributed by atoms with Gasteiger partial charge in [-0.2, -0.15) is 10.2 Å². The SMILES string of the molecule is CCn1nccc1NC(=O)c1cn(-c2ccccc2)nc1-c1cccs1. The maximum Gasteiger partial charge on any atom is 0.260 e. The summed E-state index contributed by atoms with van der Waals surface area (Å²) in [6.07, 6.45) is 3.44. The standard InChI is InChI=1S/C19H17N5OS/c1-2-23-17(10-11-20-23)21-19(25)15-13-24(14-7-4-3-5-8-14)22-18(15)16-9-6-12-26-16/h3-13H,2H2,1H3,(H,21,25). The van der Waals surface area contributed by atoms with Crippen LogP contribution in [0.25, 0.3) is 16.3 Å². The van der Waals surface area contributed by atoms with E-state index < -0.39 is 0 Å². The topological polar surface area (TPSA) is 64.7 Å². The lowest BCUT2D eigenvalue weighted by atomic mass is 10.2. The van der Waals surface area contributed by atoms with Crippen LogP contribution in [0.15, 0.2) is 66.3 Å². The summed E-state index contributed by atoms with van der Waals surface area (Å²) in [5, 5.41) is 13.8. The number of aryl methyl sites for hydroxylation is 1. The van der Waals surface area contributed by atoms with Crippen molar-refractivity contribution in [3.63, 3.8) is 0 Å². The lowest BCUT2D eigenvalue weighted by Gasteiger charge is -2.06. The number of nitrogens with one attached hydrogen (secondary N) is 1. The molecule has 7 heteroatoms. The van der Waals surface area contributed by atoms with Gasteiger partial charge in [0.1, 0.15) is 11.5 Å². The first-order valence-electron chi connectivity index (χ1n) is 8.28. The van der Waals surface area contributed by atoms with Gasteiger partial charge in [-0.1, -0.05) is 24.3 Å². The van der Waals surface area contributed by atoms with Crippen LogP contribution >= 0.6 is 11.3 Å². The highest BCUT2D eigenvalue weighted by Crippen LogP contribution is 2.28. The molecule has 3 heterocycles. The van der Waals surface area contributed by atoms with E-state index in [1.807, 2.05) is 54.8 Å². The Balaban J connectivity index is 1.74. The number of hydrogen-bond donors (Lipinski definition) is 1. The molecule has 0 saturated heterocycles. The second-order valence-corrected chi connectivity index (χ2v) is 6.58. The Morgan fingerprint density at radius 3 is 2.73 bits per heavy atom. The second-order valence-electron chi connectivity index (χ2n) is 5.64. The van der Waals surface area contributed by atoms with E-state index in [1.54, 1.807) is 39.2 Å². The number of carbonyl (C=O) groups excluding carboxylic acids is 1. The van der Waals surface area contributed by atoms with Crippen LogP contribution in [0.5, 0.6) is 0 Å². The molecule has 6 nitrogen and oxygen atoms in total. The zero-order valence-corrected chi connectivity index (χ0v) is 15.0. The van der Waals surface area contributed by atoms with Gasteiger partial charge < -0.3 is 5.32 Å². The Morgan fingerprint density at radius 2 is 2.00 bits per heavy atom. The van der Waals surface area contributed by atoms with Crippen LogP contribution in [-0.4, -0.2) is 25.5 Å². The summed E-state index contributed by atoms with van der Waals surface area (Å²) >= 11 is 1.56. The summed E-state index contributed by atoms with van der Waals surface area (Å²) in [4.78, 5) is 13.9. The quantitative estimate of drug-likeness (QED) is 0.581. The molecule has 1 amide bonds. The van der Waals surface area contributed by atoms with Crippen molar-refractivity contribution < 1.29 is 4.79 Å². The molecule has 0 atom stereocenters. The number of aromatic nitrogens is 4. The van der Waals surface area contributed by atoms with E-state index in [9.17, 15) is 4.79 Å². The molecule has 3 aromatic heterocycles. The van der Waals surface area contributed by atoms with E-state index in [0.29, 0.717) is 23.6 Å². The lowest BCUT2D eigenvalue weighted by Crippen LogP contribution is -2.15. The maximum atomic E-state index is 12.9. The number of thiophene rings is 1. The minimum Gasteiger partial charge on any atom is -0.307 e. The molecule has 4 aromatic rings. The van der Waals surface area contributed by atoms with Crippen LogP contribution in [0.3, 0.4) is 0 Å². The molecule has 1 N–H and O–H groups in total. The van der Waals surface area contributed by atoms with Crippen LogP contribution in [0.2, 0.25) is 0 Å². The predicted molar refractivity (Wildman–Crippen MR) is 103 cm³/mol. The van der Waals surface area contributed by atoms with Gasteiger partial charge in [0.2, 0.25) is 0 Å². The average molecular weight is 363 g/mol. The summed E-state index contributed by atoms with van der Waals surface area (Å²) in [7, 11) is 0. The molecular weight excluding hydrogens is 346 g/mol. The van der Waals surface area contributed by atoms with Crippen molar-refractivity contribution >= 4 is 23.1 Å². The van der Waals surface area contributed by atoms with Crippen LogP contribution in [-0.2, 0) is 6.54 Å². The van der Waals surface area contributed by atoms with Gasteiger partial charge in [0.15, 0.2) is 0 Å². The first-order valence-corrected chi connectivity index (χ1v) is 9.16. The molecule has 0 fully saturated rings. The van der Waals surface area contributed by atoms with Gasteiger partial charge in [-0.05, 0) is 30.5 Å². The highest BCUT2D eigenvalue weighted by atomic mass is 32.1. The summed E-state index contributed by atoms with van der Waals surface area (Å²) in [6, 6.07) is 15.5. The summed E-state index contributed by atoms with van der Waals surface area (Å²) in [6.45, 7) is 2.66. The number of carbonyl (C=O) groups is 1. The van der Waals surface area contributed by atoms with Crippen molar-refractivity contribution in [3.05, 3.63) is 71.9 Å². The van der Waals surface area contributed by atoms with Gasteiger partial charge in [-0.15, -0.1) is 11.3 Å². The van der Waals surface area contributed by atoms with Crippen LogP contribution in [0, 0.1) is 0 Å². The van der Waals surface area contributed by atoms with Gasteiger partial charge >= 0.3 is 0 Å². The molecule has 1 aromatic carbocycles. The summed E-state index contributed by atoms with van der Waals surface area (Å²) in [5.74, 6) is 0.466. The minimum absolute atomic E-state index is 0.203. The molecule has 0 aliphatic carbocycles. The van der Waals surface area contributed by atoms with Gasteiger partial charge in [0, 0.05) is 18.8 Å². The number of benzene rings is 1. The lowest BCUT2D eigenvalue weighted by molar-refractivity contribution is 0.102. The third-order valence-electron chi connectivity index (χ3n) is 3.99. The second kappa shape index (κ2) is 6.97. The molecule has 26 heavy (non-hydrogen) atoms. The van der Waals surface area contributed by atoms with E-state index in [4.69, 9.17) is 0 Å². The zero-order chi connectivity index (χ0) is 17.9. The Hall–Kier alpha value is -3.19. The maximum absolute atomic E-state index is 12.9. The molecule has 0 radical (unpaired) electrons. The van der Waals surface area contributed by atoms with E-state index >= 15 is 0 Å².